The van der Waals surface area contributed by atoms with Gasteiger partial charge in [-0.25, -0.2) is 15.0 Å². The predicted octanol–water partition coefficient (Wildman–Crippen LogP) is 6.93. The van der Waals surface area contributed by atoms with Crippen LogP contribution in [0.4, 0.5) is 17.3 Å². The Labute approximate surface area is 288 Å². The topological polar surface area (TPSA) is 111 Å². The molecule has 0 atom stereocenters. The number of rotatable bonds is 10. The van der Waals surface area contributed by atoms with Gasteiger partial charge in [-0.1, -0.05) is 44.2 Å². The molecule has 1 saturated heterocycles. The number of aryl methyl sites for hydroxylation is 1. The number of fused-ring (bicyclic) bond motifs is 4. The number of nitrogens with one attached hydrogen (secondary N) is 1. The fourth-order valence-corrected chi connectivity index (χ4v) is 7.40. The highest BCUT2D eigenvalue weighted by molar-refractivity contribution is 6.05. The summed E-state index contributed by atoms with van der Waals surface area (Å²) >= 11 is 0. The van der Waals surface area contributed by atoms with Crippen LogP contribution in [0, 0.1) is 12.3 Å². The van der Waals surface area contributed by atoms with Gasteiger partial charge in [-0.15, -0.1) is 0 Å². The minimum Gasteiger partial charge on any atom is -0.481 e. The lowest BCUT2D eigenvalue weighted by atomic mass is 9.82. The van der Waals surface area contributed by atoms with E-state index in [-0.39, 0.29) is 11.8 Å². The molecule has 10 nitrogen and oxygen atoms in total. The number of nitrogens with zero attached hydrogens (tertiary/aromatic N) is 6. The quantitative estimate of drug-likeness (QED) is 0.153. The van der Waals surface area contributed by atoms with Gasteiger partial charge in [-0.05, 0) is 87.5 Å². The van der Waals surface area contributed by atoms with Gasteiger partial charge in [-0.2, -0.15) is 0 Å². The Bertz CT molecular complexity index is 2010. The standard InChI is InChI=1S/C39H47N7O3/c1-25-30(22-32(47)48)35(45-19-14-39(2,3)15-20-45)33(37(43-25)40-16-8-17-44(4)5)27-11-12-28-23-46(18-13-26(28)21-27)38-36-34(41-24-42-38)29-9-6-7-10-31(29)49-36/h6-7,9-12,21,24H,8,13-20,22-23H2,1-5H3,(H,40,43)(H,47,48). The first kappa shape index (κ1) is 32.8. The summed E-state index contributed by atoms with van der Waals surface area (Å²) < 4.78 is 6.27. The number of anilines is 3. The first-order valence-corrected chi connectivity index (χ1v) is 17.5. The molecule has 0 unspecified atom stereocenters. The molecule has 0 aliphatic carbocycles. The average molecular weight is 662 g/mol. The molecule has 3 aromatic heterocycles. The molecule has 1 fully saturated rings. The van der Waals surface area contributed by atoms with Gasteiger partial charge in [0.05, 0.1) is 12.1 Å². The van der Waals surface area contributed by atoms with E-state index in [9.17, 15) is 9.90 Å². The van der Waals surface area contributed by atoms with Crippen molar-refractivity contribution in [3.05, 3.63) is 71.2 Å². The van der Waals surface area contributed by atoms with Crippen molar-refractivity contribution in [2.24, 2.45) is 5.41 Å². The zero-order valence-electron chi connectivity index (χ0n) is 29.3. The molecule has 256 valence electrons. The summed E-state index contributed by atoms with van der Waals surface area (Å²) in [7, 11) is 4.17. The number of pyridine rings is 1. The van der Waals surface area contributed by atoms with Crippen LogP contribution in [-0.2, 0) is 24.2 Å². The summed E-state index contributed by atoms with van der Waals surface area (Å²) in [6.45, 7) is 11.6. The maximum atomic E-state index is 12.3. The van der Waals surface area contributed by atoms with Gasteiger partial charge in [0, 0.05) is 54.9 Å². The number of carbonyl (C=O) groups is 1. The number of piperidine rings is 1. The van der Waals surface area contributed by atoms with Gasteiger partial charge in [0.1, 0.15) is 23.2 Å². The zero-order valence-corrected chi connectivity index (χ0v) is 29.3. The minimum atomic E-state index is -0.838. The number of carboxylic acids is 1. The molecule has 2 aliphatic heterocycles. The van der Waals surface area contributed by atoms with E-state index in [1.54, 1.807) is 6.33 Å². The van der Waals surface area contributed by atoms with Crippen molar-refractivity contribution in [3.63, 3.8) is 0 Å². The molecule has 49 heavy (non-hydrogen) atoms. The summed E-state index contributed by atoms with van der Waals surface area (Å²) in [5, 5.41) is 14.7. The van der Waals surface area contributed by atoms with E-state index in [0.29, 0.717) is 6.54 Å². The van der Waals surface area contributed by atoms with Gasteiger partial charge >= 0.3 is 5.97 Å². The zero-order chi connectivity index (χ0) is 34.3. The smallest absolute Gasteiger partial charge is 0.307 e. The molecule has 0 spiro atoms. The van der Waals surface area contributed by atoms with Gasteiger partial charge in [-0.3, -0.25) is 4.79 Å². The Hall–Kier alpha value is -4.70. The number of hydrogen-bond acceptors (Lipinski definition) is 9. The third-order valence-electron chi connectivity index (χ3n) is 10.3. The highest BCUT2D eigenvalue weighted by Gasteiger charge is 2.31. The molecule has 7 rings (SSSR count). The third-order valence-corrected chi connectivity index (χ3v) is 10.3. The van der Waals surface area contributed by atoms with Crippen molar-refractivity contribution in [1.82, 2.24) is 19.9 Å². The van der Waals surface area contributed by atoms with Crippen molar-refractivity contribution in [2.45, 2.75) is 59.4 Å². The Morgan fingerprint density at radius 1 is 1.04 bits per heavy atom. The van der Waals surface area contributed by atoms with Crippen LogP contribution in [0.1, 0.15) is 55.5 Å². The van der Waals surface area contributed by atoms with Crippen molar-refractivity contribution >= 4 is 45.4 Å². The highest BCUT2D eigenvalue weighted by atomic mass is 16.4. The second-order valence-corrected chi connectivity index (χ2v) is 14.7. The molecule has 5 aromatic rings. The molecule has 5 heterocycles. The monoisotopic (exact) mass is 661 g/mol. The molecule has 0 bridgehead atoms. The van der Waals surface area contributed by atoms with E-state index in [1.165, 1.54) is 11.1 Å². The molecule has 2 aliphatic rings. The molecular weight excluding hydrogens is 614 g/mol. The van der Waals surface area contributed by atoms with Crippen LogP contribution < -0.4 is 15.1 Å². The van der Waals surface area contributed by atoms with E-state index in [0.717, 1.165) is 120 Å². The van der Waals surface area contributed by atoms with E-state index in [1.807, 2.05) is 31.2 Å². The highest BCUT2D eigenvalue weighted by Crippen LogP contribution is 2.44. The van der Waals surface area contributed by atoms with Crippen molar-refractivity contribution in [3.8, 4) is 11.1 Å². The Balaban J connectivity index is 1.28. The van der Waals surface area contributed by atoms with Crippen molar-refractivity contribution in [1.29, 1.82) is 0 Å². The summed E-state index contributed by atoms with van der Waals surface area (Å²) in [6.07, 6.45) is 5.49. The van der Waals surface area contributed by atoms with Gasteiger partial charge in [0.15, 0.2) is 11.4 Å². The van der Waals surface area contributed by atoms with Crippen LogP contribution in [0.3, 0.4) is 0 Å². The van der Waals surface area contributed by atoms with Gasteiger partial charge < -0.3 is 29.5 Å². The lowest BCUT2D eigenvalue weighted by Gasteiger charge is -2.40. The van der Waals surface area contributed by atoms with Gasteiger partial charge in [0.25, 0.3) is 0 Å². The molecule has 2 aromatic carbocycles. The third kappa shape index (κ3) is 6.66. The maximum Gasteiger partial charge on any atom is 0.307 e. The summed E-state index contributed by atoms with van der Waals surface area (Å²) in [5.41, 5.74) is 9.84. The number of carboxylic acid groups (broad SMARTS) is 1. The number of hydrogen-bond donors (Lipinski definition) is 2. The van der Waals surface area contributed by atoms with Crippen LogP contribution in [0.15, 0.2) is 53.2 Å². The van der Waals surface area contributed by atoms with Gasteiger partial charge in [0.2, 0.25) is 0 Å². The molecule has 0 amide bonds. The van der Waals surface area contributed by atoms with E-state index in [4.69, 9.17) is 9.40 Å². The first-order chi connectivity index (χ1) is 23.6. The Kier molecular flexibility index (Phi) is 8.92. The minimum absolute atomic E-state index is 0.0585. The molecule has 10 heteroatoms. The number of para-hydroxylation sites is 1. The normalized spacial score (nSPS) is 16.0. The summed E-state index contributed by atoms with van der Waals surface area (Å²) in [4.78, 5) is 33.5. The van der Waals surface area contributed by atoms with Crippen LogP contribution in [0.5, 0.6) is 0 Å². The Morgan fingerprint density at radius 2 is 1.84 bits per heavy atom. The number of benzene rings is 2. The second-order valence-electron chi connectivity index (χ2n) is 14.7. The molecule has 0 radical (unpaired) electrons. The number of aliphatic carboxylic acids is 1. The number of furan rings is 1. The molecule has 0 saturated carbocycles. The lowest BCUT2D eigenvalue weighted by molar-refractivity contribution is -0.136. The van der Waals surface area contributed by atoms with E-state index >= 15 is 0 Å². The van der Waals surface area contributed by atoms with Crippen LogP contribution in [0.25, 0.3) is 33.2 Å². The van der Waals surface area contributed by atoms with Crippen molar-refractivity contribution < 1.29 is 14.3 Å². The maximum absolute atomic E-state index is 12.3. The fraction of sp³-hybridized carbons (Fsp3) is 0.436. The Morgan fingerprint density at radius 3 is 2.61 bits per heavy atom. The summed E-state index contributed by atoms with van der Waals surface area (Å²) in [6, 6.07) is 14.7. The molecule has 2 N–H and O–H groups in total. The van der Waals surface area contributed by atoms with E-state index in [2.05, 4.69) is 76.1 Å². The second kappa shape index (κ2) is 13.3. The average Bonchev–Trinajstić information content (AvgIpc) is 3.46. The fourth-order valence-electron chi connectivity index (χ4n) is 7.40. The number of aromatic nitrogens is 3. The summed E-state index contributed by atoms with van der Waals surface area (Å²) in [5.74, 6) is 0.808. The van der Waals surface area contributed by atoms with Crippen LogP contribution in [0.2, 0.25) is 0 Å². The van der Waals surface area contributed by atoms with E-state index < -0.39 is 5.97 Å². The van der Waals surface area contributed by atoms with Crippen molar-refractivity contribution in [2.75, 3.05) is 61.9 Å². The molecular formula is C39H47N7O3. The largest absolute Gasteiger partial charge is 0.481 e. The predicted molar refractivity (Wildman–Crippen MR) is 197 cm³/mol. The first-order valence-electron chi connectivity index (χ1n) is 17.5. The van der Waals surface area contributed by atoms with Crippen LogP contribution in [-0.4, -0.2) is 77.7 Å². The SMILES string of the molecule is Cc1nc(NCCCN(C)C)c(-c2ccc3c(c2)CCN(c2ncnc4c2oc2ccccc24)C3)c(N2CCC(C)(C)CC2)c1CC(=O)O. The van der Waals surface area contributed by atoms with Crippen LogP contribution >= 0.6 is 0 Å². The lowest BCUT2D eigenvalue weighted by Crippen LogP contribution is -2.38.